The summed E-state index contributed by atoms with van der Waals surface area (Å²) in [7, 11) is 0. The molecule has 0 saturated heterocycles. The van der Waals surface area contributed by atoms with Crippen LogP contribution in [0.4, 0.5) is 5.69 Å². The van der Waals surface area contributed by atoms with Crippen molar-refractivity contribution >= 4 is 34.1 Å². The van der Waals surface area contributed by atoms with Gasteiger partial charge in [0.1, 0.15) is 0 Å². The van der Waals surface area contributed by atoms with Crippen molar-refractivity contribution in [3.05, 3.63) is 32.8 Å². The van der Waals surface area contributed by atoms with E-state index >= 15 is 0 Å². The van der Waals surface area contributed by atoms with Crippen molar-refractivity contribution in [3.63, 3.8) is 0 Å². The molecule has 0 aliphatic rings. The van der Waals surface area contributed by atoms with Crippen LogP contribution in [-0.2, 0) is 0 Å². The molecule has 7 heteroatoms. The van der Waals surface area contributed by atoms with Crippen LogP contribution in [-0.4, -0.2) is 16.8 Å². The average Bonchev–Trinajstić information content (AvgIpc) is 2.28. The smallest absolute Gasteiger partial charge is 0.311 e. The number of nitro benzene ring substituents is 1. The number of carbonyl (C=O) groups excluding carboxylic acids is 1. The number of nitrogens with zero attached hydrogens (tertiary/aromatic N) is 1. The van der Waals surface area contributed by atoms with Crippen LogP contribution < -0.4 is 4.74 Å². The Bertz CT molecular complexity index is 476. The lowest BCUT2D eigenvalue weighted by Crippen LogP contribution is -2.02. The number of rotatable bonds is 6. The van der Waals surface area contributed by atoms with E-state index in [1.807, 2.05) is 6.92 Å². The molecule has 0 aliphatic carbocycles. The second kappa shape index (κ2) is 6.56. The summed E-state index contributed by atoms with van der Waals surface area (Å²) in [4.78, 5) is 21.3. The summed E-state index contributed by atoms with van der Waals surface area (Å²) >= 11 is 11.1. The Kier molecular flexibility index (Phi) is 5.37. The van der Waals surface area contributed by atoms with Gasteiger partial charge in [-0.3, -0.25) is 14.9 Å². The third-order valence-electron chi connectivity index (χ3n) is 2.21. The van der Waals surface area contributed by atoms with E-state index in [2.05, 4.69) is 0 Å². The molecular formula is C11H11Cl2NO4. The summed E-state index contributed by atoms with van der Waals surface area (Å²) in [5, 5.41) is 10.1. The maximum atomic E-state index is 11.0. The van der Waals surface area contributed by atoms with Crippen molar-refractivity contribution in [3.8, 4) is 5.75 Å². The third-order valence-corrected chi connectivity index (χ3v) is 2.73. The fraction of sp³-hybridized carbons (Fsp3) is 0.364. The van der Waals surface area contributed by atoms with Crippen LogP contribution in [0.25, 0.3) is 0 Å². The molecule has 1 aromatic carbocycles. The topological polar surface area (TPSA) is 69.4 Å². The van der Waals surface area contributed by atoms with Crippen molar-refractivity contribution in [2.24, 2.45) is 0 Å². The molecule has 0 unspecified atom stereocenters. The third kappa shape index (κ3) is 3.58. The Hall–Kier alpha value is -1.33. The van der Waals surface area contributed by atoms with Gasteiger partial charge in [-0.1, -0.05) is 24.9 Å². The molecule has 0 atom stereocenters. The lowest BCUT2D eigenvalue weighted by molar-refractivity contribution is -0.385. The van der Waals surface area contributed by atoms with E-state index in [1.54, 1.807) is 0 Å². The maximum absolute atomic E-state index is 11.0. The van der Waals surface area contributed by atoms with Crippen LogP contribution in [0.15, 0.2) is 12.1 Å². The monoisotopic (exact) mass is 291 g/mol. The number of carbonyl (C=O) groups is 1. The summed E-state index contributed by atoms with van der Waals surface area (Å²) in [6.45, 7) is 2.32. The summed E-state index contributed by atoms with van der Waals surface area (Å²) in [5.41, 5.74) is -0.424. The zero-order chi connectivity index (χ0) is 13.7. The minimum absolute atomic E-state index is 0.0344. The van der Waals surface area contributed by atoms with Gasteiger partial charge in [0.15, 0.2) is 5.75 Å². The molecule has 0 heterocycles. The zero-order valence-corrected chi connectivity index (χ0v) is 11.1. The molecule has 1 aromatic rings. The van der Waals surface area contributed by atoms with E-state index in [1.165, 1.54) is 6.07 Å². The Labute approximate surface area is 114 Å². The fourth-order valence-electron chi connectivity index (χ4n) is 1.28. The normalized spacial score (nSPS) is 10.2. The summed E-state index contributed by atoms with van der Waals surface area (Å²) < 4.78 is 5.27. The lowest BCUT2D eigenvalue weighted by atomic mass is 10.2. The van der Waals surface area contributed by atoms with E-state index < -0.39 is 10.2 Å². The van der Waals surface area contributed by atoms with E-state index in [-0.39, 0.29) is 22.0 Å². The number of benzene rings is 1. The van der Waals surface area contributed by atoms with Gasteiger partial charge in [-0.05, 0) is 18.0 Å². The molecule has 0 amide bonds. The Balaban J connectivity index is 3.12. The van der Waals surface area contributed by atoms with Crippen molar-refractivity contribution < 1.29 is 14.5 Å². The SMILES string of the molecule is CCCCOc1cc(Cl)c(C(=O)Cl)cc1[N+](=O)[O-]. The molecule has 0 aliphatic heterocycles. The molecule has 0 fully saturated rings. The van der Waals surface area contributed by atoms with Crippen LogP contribution in [0.3, 0.4) is 0 Å². The zero-order valence-electron chi connectivity index (χ0n) is 9.61. The largest absolute Gasteiger partial charge is 0.487 e. The Morgan fingerprint density at radius 3 is 2.67 bits per heavy atom. The molecule has 0 bridgehead atoms. The molecule has 0 spiro atoms. The van der Waals surface area contributed by atoms with Gasteiger partial charge in [-0.25, -0.2) is 0 Å². The molecule has 1 rings (SSSR count). The summed E-state index contributed by atoms with van der Waals surface area (Å²) in [6.07, 6.45) is 1.67. The number of hydrogen-bond donors (Lipinski definition) is 0. The Morgan fingerprint density at radius 2 is 2.17 bits per heavy atom. The van der Waals surface area contributed by atoms with Crippen LogP contribution in [0.2, 0.25) is 5.02 Å². The van der Waals surface area contributed by atoms with Crippen molar-refractivity contribution in [1.82, 2.24) is 0 Å². The number of halogens is 2. The van der Waals surface area contributed by atoms with E-state index in [9.17, 15) is 14.9 Å². The fourth-order valence-corrected chi connectivity index (χ4v) is 1.72. The highest BCUT2D eigenvalue weighted by molar-refractivity contribution is 6.68. The molecule has 18 heavy (non-hydrogen) atoms. The van der Waals surface area contributed by atoms with Gasteiger partial charge in [0, 0.05) is 12.1 Å². The molecule has 0 saturated carbocycles. The van der Waals surface area contributed by atoms with Gasteiger partial charge in [-0.2, -0.15) is 0 Å². The van der Waals surface area contributed by atoms with Gasteiger partial charge >= 0.3 is 5.69 Å². The predicted molar refractivity (Wildman–Crippen MR) is 68.7 cm³/mol. The summed E-state index contributed by atoms with van der Waals surface area (Å²) in [6, 6.07) is 2.27. The van der Waals surface area contributed by atoms with Crippen LogP contribution in [0, 0.1) is 10.1 Å². The molecular weight excluding hydrogens is 281 g/mol. The second-order valence-corrected chi connectivity index (χ2v) is 4.28. The van der Waals surface area contributed by atoms with Gasteiger partial charge in [-0.15, -0.1) is 0 Å². The lowest BCUT2D eigenvalue weighted by Gasteiger charge is -2.08. The van der Waals surface area contributed by atoms with E-state index in [0.29, 0.717) is 6.61 Å². The highest BCUT2D eigenvalue weighted by Crippen LogP contribution is 2.34. The van der Waals surface area contributed by atoms with Gasteiger partial charge in [0.2, 0.25) is 0 Å². The van der Waals surface area contributed by atoms with Gasteiger partial charge in [0.25, 0.3) is 5.24 Å². The van der Waals surface area contributed by atoms with Crippen molar-refractivity contribution in [1.29, 1.82) is 0 Å². The van der Waals surface area contributed by atoms with Gasteiger partial charge < -0.3 is 4.74 Å². The van der Waals surface area contributed by atoms with Crippen molar-refractivity contribution in [2.45, 2.75) is 19.8 Å². The minimum atomic E-state index is -0.844. The van der Waals surface area contributed by atoms with Crippen LogP contribution in [0.1, 0.15) is 30.1 Å². The number of unbranched alkanes of at least 4 members (excludes halogenated alkanes) is 1. The van der Waals surface area contributed by atoms with E-state index in [4.69, 9.17) is 27.9 Å². The summed E-state index contributed by atoms with van der Waals surface area (Å²) in [5.74, 6) is 0.0418. The van der Waals surface area contributed by atoms with Gasteiger partial charge in [0.05, 0.1) is 22.1 Å². The van der Waals surface area contributed by atoms with Crippen LogP contribution in [0.5, 0.6) is 5.75 Å². The van der Waals surface area contributed by atoms with E-state index in [0.717, 1.165) is 18.9 Å². The first-order chi connectivity index (χ1) is 8.47. The second-order valence-electron chi connectivity index (χ2n) is 3.53. The van der Waals surface area contributed by atoms with Crippen LogP contribution >= 0.6 is 23.2 Å². The Morgan fingerprint density at radius 1 is 1.50 bits per heavy atom. The number of hydrogen-bond acceptors (Lipinski definition) is 4. The number of ether oxygens (including phenoxy) is 1. The maximum Gasteiger partial charge on any atom is 0.311 e. The number of nitro groups is 1. The first kappa shape index (κ1) is 14.7. The molecule has 98 valence electrons. The molecule has 0 N–H and O–H groups in total. The molecule has 5 nitrogen and oxygen atoms in total. The standard InChI is InChI=1S/C11H11Cl2NO4/c1-2-3-4-18-10-6-8(12)7(11(13)15)5-9(10)14(16)17/h5-6H,2-4H2,1H3. The first-order valence-electron chi connectivity index (χ1n) is 5.28. The molecule has 0 aromatic heterocycles. The first-order valence-corrected chi connectivity index (χ1v) is 6.03. The highest BCUT2D eigenvalue weighted by Gasteiger charge is 2.21. The average molecular weight is 292 g/mol. The minimum Gasteiger partial charge on any atom is -0.487 e. The molecule has 0 radical (unpaired) electrons. The van der Waals surface area contributed by atoms with Crippen molar-refractivity contribution in [2.75, 3.05) is 6.61 Å². The quantitative estimate of drug-likeness (QED) is 0.346. The highest BCUT2D eigenvalue weighted by atomic mass is 35.5. The predicted octanol–water partition coefficient (Wildman–Crippen LogP) is 3.81.